The van der Waals surface area contributed by atoms with Crippen LogP contribution in [0, 0.1) is 23.2 Å². The van der Waals surface area contributed by atoms with Gasteiger partial charge in [-0.1, -0.05) is 72.3 Å². The number of rotatable bonds is 8. The molecule has 0 aromatic rings. The van der Waals surface area contributed by atoms with E-state index in [-0.39, 0.29) is 35.7 Å². The van der Waals surface area contributed by atoms with Crippen molar-refractivity contribution >= 4 is 17.7 Å². The summed E-state index contributed by atoms with van der Waals surface area (Å²) < 4.78 is 6.95. The molecule has 1 N–H and O–H groups in total. The van der Waals surface area contributed by atoms with Crippen LogP contribution in [0.4, 0.5) is 0 Å². The van der Waals surface area contributed by atoms with Gasteiger partial charge in [0.15, 0.2) is 0 Å². The fraction of sp³-hybridized carbons (Fsp3) is 0.781. The van der Waals surface area contributed by atoms with Gasteiger partial charge in [-0.25, -0.2) is 0 Å². The summed E-state index contributed by atoms with van der Waals surface area (Å²) in [7, 11) is 0. The summed E-state index contributed by atoms with van der Waals surface area (Å²) in [4.78, 5) is 48.9. The second-order valence-corrected chi connectivity index (χ2v) is 14.5. The Morgan fingerprint density at radius 3 is 2.23 bits per heavy atom. The Labute approximate surface area is 240 Å². The number of aliphatic hydroxyl groups excluding tert-OH is 1. The van der Waals surface area contributed by atoms with E-state index in [1.165, 1.54) is 0 Å². The van der Waals surface area contributed by atoms with Crippen molar-refractivity contribution in [2.24, 2.45) is 23.2 Å². The summed E-state index contributed by atoms with van der Waals surface area (Å²) in [6.45, 7) is 19.8. The molecule has 40 heavy (non-hydrogen) atoms. The molecule has 4 rings (SSSR count). The quantitative estimate of drug-likeness (QED) is 0.459. The number of ether oxygens (including phenoxy) is 1. The average Bonchev–Trinajstić information content (AvgIpc) is 3.11. The normalized spacial score (nSPS) is 34.0. The zero-order chi connectivity index (χ0) is 29.8. The molecule has 0 aliphatic carbocycles. The van der Waals surface area contributed by atoms with Crippen molar-refractivity contribution in [3.63, 3.8) is 0 Å². The highest BCUT2D eigenvalue weighted by atomic mass is 16.5. The van der Waals surface area contributed by atoms with Crippen molar-refractivity contribution in [1.29, 1.82) is 0 Å². The summed E-state index contributed by atoms with van der Waals surface area (Å²) in [5, 5.41) is 10.6. The molecule has 0 aromatic heterocycles. The minimum Gasteiger partial charge on any atom is -0.394 e. The second-order valence-electron chi connectivity index (χ2n) is 14.5. The van der Waals surface area contributed by atoms with Crippen LogP contribution in [0.1, 0.15) is 81.6 Å². The molecule has 7 atom stereocenters. The first-order valence-corrected chi connectivity index (χ1v) is 15.2. The minimum atomic E-state index is -1.31. The molecule has 0 bridgehead atoms. The Kier molecular flexibility index (Phi) is 8.13. The highest BCUT2D eigenvalue weighted by Crippen LogP contribution is 2.58. The fourth-order valence-electron chi connectivity index (χ4n) is 8.09. The van der Waals surface area contributed by atoms with Gasteiger partial charge in [-0.05, 0) is 44.9 Å². The molecule has 0 radical (unpaired) electrons. The van der Waals surface area contributed by atoms with Crippen LogP contribution in [-0.2, 0) is 19.1 Å². The van der Waals surface area contributed by atoms with Crippen molar-refractivity contribution in [1.82, 2.24) is 14.7 Å². The van der Waals surface area contributed by atoms with E-state index >= 15 is 0 Å². The SMILES string of the molecule is CCCN1CC=C[C@]2(C)O[C@]34C=CCN(C(C)(C)CC(C)(C)C)C(=O)C3N([C@@H](CO)[C@@H](C)CC)C(=O)[C@@H]4[C@@H]2C1=O. The van der Waals surface area contributed by atoms with Crippen molar-refractivity contribution in [3.05, 3.63) is 24.3 Å². The van der Waals surface area contributed by atoms with Crippen LogP contribution in [0.5, 0.6) is 0 Å². The number of carbonyl (C=O) groups excluding carboxylic acids is 3. The maximum Gasteiger partial charge on any atom is 0.249 e. The molecule has 0 saturated carbocycles. The molecule has 0 aromatic carbocycles. The lowest BCUT2D eigenvalue weighted by molar-refractivity contribution is -0.160. The zero-order valence-electron chi connectivity index (χ0n) is 26.1. The Balaban J connectivity index is 1.90. The topological polar surface area (TPSA) is 90.4 Å². The lowest BCUT2D eigenvalue weighted by atomic mass is 9.74. The van der Waals surface area contributed by atoms with Gasteiger partial charge in [0.2, 0.25) is 17.7 Å². The van der Waals surface area contributed by atoms with Crippen LogP contribution in [0.2, 0.25) is 0 Å². The number of aliphatic hydroxyl groups is 1. The van der Waals surface area contributed by atoms with Crippen molar-refractivity contribution < 1.29 is 24.2 Å². The first kappa shape index (κ1) is 30.8. The van der Waals surface area contributed by atoms with E-state index in [0.29, 0.717) is 19.6 Å². The molecule has 2 saturated heterocycles. The summed E-state index contributed by atoms with van der Waals surface area (Å²) in [5.41, 5.74) is -2.87. The Bertz CT molecular complexity index is 1080. The number of fused-ring (bicyclic) bond motifs is 2. The number of hydrogen-bond acceptors (Lipinski definition) is 5. The van der Waals surface area contributed by atoms with Gasteiger partial charge in [0, 0.05) is 25.2 Å². The van der Waals surface area contributed by atoms with Crippen LogP contribution in [0.25, 0.3) is 0 Å². The molecular formula is C32H51N3O5. The summed E-state index contributed by atoms with van der Waals surface area (Å²) in [6.07, 6.45) is 10.0. The van der Waals surface area contributed by atoms with Crippen molar-refractivity contribution in [3.8, 4) is 0 Å². The Morgan fingerprint density at radius 1 is 1.00 bits per heavy atom. The monoisotopic (exact) mass is 557 g/mol. The van der Waals surface area contributed by atoms with Crippen LogP contribution in [0.3, 0.4) is 0 Å². The van der Waals surface area contributed by atoms with E-state index in [9.17, 15) is 19.5 Å². The Hall–Kier alpha value is -2.19. The van der Waals surface area contributed by atoms with Crippen LogP contribution in [-0.4, -0.2) is 92.6 Å². The van der Waals surface area contributed by atoms with Gasteiger partial charge in [0.1, 0.15) is 11.6 Å². The molecule has 8 nitrogen and oxygen atoms in total. The standard InChI is InChI=1S/C32H51N3O5/c1-10-16-33-17-12-14-31(9)23(26(33)37)24-27(38)35(22(19-36)21(3)11-2)25-28(39)34(18-13-15-32(24,25)40-31)30(7,8)20-29(4,5)6/h12-15,21-25,36H,10-11,16-20H2,1-9H3/t21-,22-,23+,24-,25?,31-,32-/m0/s1. The van der Waals surface area contributed by atoms with E-state index in [1.807, 2.05) is 56.9 Å². The molecule has 4 heterocycles. The highest BCUT2D eigenvalue weighted by Gasteiger charge is 2.75. The lowest BCUT2D eigenvalue weighted by Gasteiger charge is -2.46. The Morgan fingerprint density at radius 2 is 1.65 bits per heavy atom. The molecule has 1 spiro atoms. The van der Waals surface area contributed by atoms with E-state index in [0.717, 1.165) is 19.3 Å². The molecule has 3 amide bonds. The van der Waals surface area contributed by atoms with Gasteiger partial charge >= 0.3 is 0 Å². The summed E-state index contributed by atoms with van der Waals surface area (Å²) in [5.74, 6) is -2.23. The third-order valence-electron chi connectivity index (χ3n) is 9.61. The molecular weight excluding hydrogens is 506 g/mol. The second kappa shape index (κ2) is 10.6. The van der Waals surface area contributed by atoms with E-state index in [4.69, 9.17) is 4.74 Å². The maximum atomic E-state index is 14.8. The molecule has 4 aliphatic rings. The molecule has 2 fully saturated rings. The fourth-order valence-corrected chi connectivity index (χ4v) is 8.09. The molecule has 4 aliphatic heterocycles. The van der Waals surface area contributed by atoms with E-state index in [1.54, 1.807) is 9.80 Å². The maximum absolute atomic E-state index is 14.8. The van der Waals surface area contributed by atoms with Crippen molar-refractivity contribution in [2.45, 2.75) is 110 Å². The van der Waals surface area contributed by atoms with Crippen LogP contribution >= 0.6 is 0 Å². The van der Waals surface area contributed by atoms with Gasteiger partial charge in [-0.3, -0.25) is 14.4 Å². The predicted molar refractivity (Wildman–Crippen MR) is 155 cm³/mol. The van der Waals surface area contributed by atoms with E-state index in [2.05, 4.69) is 34.6 Å². The molecule has 224 valence electrons. The zero-order valence-corrected chi connectivity index (χ0v) is 26.1. The van der Waals surface area contributed by atoms with Crippen LogP contribution < -0.4 is 0 Å². The highest BCUT2D eigenvalue weighted by molar-refractivity contribution is 6.00. The third-order valence-corrected chi connectivity index (χ3v) is 9.61. The smallest absolute Gasteiger partial charge is 0.249 e. The van der Waals surface area contributed by atoms with Gasteiger partial charge in [-0.15, -0.1) is 0 Å². The van der Waals surface area contributed by atoms with Crippen LogP contribution in [0.15, 0.2) is 24.3 Å². The average molecular weight is 558 g/mol. The molecule has 8 heteroatoms. The number of carbonyl (C=O) groups is 3. The largest absolute Gasteiger partial charge is 0.394 e. The number of amides is 3. The van der Waals surface area contributed by atoms with Gasteiger partial charge in [0.05, 0.1) is 30.1 Å². The number of nitrogens with zero attached hydrogens (tertiary/aromatic N) is 3. The predicted octanol–water partition coefficient (Wildman–Crippen LogP) is 3.79. The van der Waals surface area contributed by atoms with Gasteiger partial charge in [-0.2, -0.15) is 0 Å². The van der Waals surface area contributed by atoms with Crippen molar-refractivity contribution in [2.75, 3.05) is 26.2 Å². The number of hydrogen-bond donors (Lipinski definition) is 1. The van der Waals surface area contributed by atoms with E-state index < -0.39 is 40.7 Å². The molecule has 1 unspecified atom stereocenters. The minimum absolute atomic E-state index is 0.0277. The summed E-state index contributed by atoms with van der Waals surface area (Å²) in [6, 6.07) is -1.54. The third kappa shape index (κ3) is 4.83. The first-order valence-electron chi connectivity index (χ1n) is 15.2. The van der Waals surface area contributed by atoms with Gasteiger partial charge < -0.3 is 24.5 Å². The first-order chi connectivity index (χ1) is 18.6. The number of likely N-dealkylation sites (tertiary alicyclic amines) is 1. The summed E-state index contributed by atoms with van der Waals surface area (Å²) >= 11 is 0. The lowest BCUT2D eigenvalue weighted by Crippen LogP contribution is -2.62. The van der Waals surface area contributed by atoms with Gasteiger partial charge in [0.25, 0.3) is 0 Å².